The number of fused-ring (bicyclic) bond motifs is 4. The first-order chi connectivity index (χ1) is 15.7. The number of carbonyl (C=O) groups is 2. The Labute approximate surface area is 187 Å². The zero-order valence-corrected chi connectivity index (χ0v) is 17.6. The monoisotopic (exact) mass is 424 g/mol. The first-order valence-electron chi connectivity index (χ1n) is 10.9. The Bertz CT molecular complexity index is 1170. The largest absolute Gasteiger partial charge is 0.449 e. The highest BCUT2D eigenvalue weighted by molar-refractivity contribution is 5.94. The molecule has 32 heavy (non-hydrogen) atoms. The van der Waals surface area contributed by atoms with E-state index in [4.69, 9.17) is 4.74 Å². The zero-order valence-electron chi connectivity index (χ0n) is 17.6. The molecule has 3 aromatic carbocycles. The molecule has 0 saturated heterocycles. The Morgan fingerprint density at radius 2 is 1.72 bits per heavy atom. The number of anilines is 1. The van der Waals surface area contributed by atoms with Gasteiger partial charge in [-0.3, -0.25) is 4.79 Å². The van der Waals surface area contributed by atoms with Gasteiger partial charge in [0, 0.05) is 24.6 Å². The predicted molar refractivity (Wildman–Crippen MR) is 125 cm³/mol. The summed E-state index contributed by atoms with van der Waals surface area (Å²) in [6.07, 6.45) is 4.69. The molecule has 0 unspecified atom stereocenters. The minimum absolute atomic E-state index is 0.0553. The van der Waals surface area contributed by atoms with Crippen LogP contribution in [-0.4, -0.2) is 25.2 Å². The summed E-state index contributed by atoms with van der Waals surface area (Å²) >= 11 is 0. The van der Waals surface area contributed by atoms with Crippen LogP contribution in [0.25, 0.3) is 17.2 Å². The van der Waals surface area contributed by atoms with Crippen LogP contribution in [0.4, 0.5) is 10.5 Å². The molecule has 0 saturated carbocycles. The second-order valence-corrected chi connectivity index (χ2v) is 8.07. The normalized spacial score (nSPS) is 14.4. The number of amides is 2. The highest BCUT2D eigenvalue weighted by Crippen LogP contribution is 2.44. The SMILES string of the molecule is O=C1CCc2cc(C=CCNC(=O)OCC3c4ccccc4-c4ccccc43)ccc2N1. The predicted octanol–water partition coefficient (Wildman–Crippen LogP) is 5.12. The Morgan fingerprint density at radius 3 is 2.47 bits per heavy atom. The molecule has 2 amide bonds. The third-order valence-corrected chi connectivity index (χ3v) is 6.04. The van der Waals surface area contributed by atoms with E-state index in [1.54, 1.807) is 0 Å². The van der Waals surface area contributed by atoms with Crippen molar-refractivity contribution in [2.75, 3.05) is 18.5 Å². The van der Waals surface area contributed by atoms with Crippen LogP contribution in [0.1, 0.15) is 34.6 Å². The molecule has 160 valence electrons. The lowest BCUT2D eigenvalue weighted by atomic mass is 9.98. The van der Waals surface area contributed by atoms with Crippen molar-refractivity contribution in [2.45, 2.75) is 18.8 Å². The van der Waals surface area contributed by atoms with Crippen LogP contribution >= 0.6 is 0 Å². The quantitative estimate of drug-likeness (QED) is 0.597. The summed E-state index contributed by atoms with van der Waals surface area (Å²) in [5, 5.41) is 5.67. The fourth-order valence-corrected chi connectivity index (χ4v) is 4.49. The smallest absolute Gasteiger partial charge is 0.407 e. The lowest BCUT2D eigenvalue weighted by molar-refractivity contribution is -0.116. The average molecular weight is 425 g/mol. The van der Waals surface area contributed by atoms with Gasteiger partial charge in [0.2, 0.25) is 5.91 Å². The minimum atomic E-state index is -0.426. The molecule has 0 aromatic heterocycles. The topological polar surface area (TPSA) is 67.4 Å². The number of benzene rings is 3. The maximum absolute atomic E-state index is 12.2. The van der Waals surface area contributed by atoms with E-state index >= 15 is 0 Å². The van der Waals surface area contributed by atoms with Crippen LogP contribution in [0.5, 0.6) is 0 Å². The molecule has 0 spiro atoms. The Morgan fingerprint density at radius 1 is 1.00 bits per heavy atom. The highest BCUT2D eigenvalue weighted by atomic mass is 16.5. The number of alkyl carbamates (subject to hydrolysis) is 1. The number of carbonyl (C=O) groups excluding carboxylic acids is 2. The third kappa shape index (κ3) is 4.02. The fourth-order valence-electron chi connectivity index (χ4n) is 4.49. The molecule has 3 aromatic rings. The van der Waals surface area contributed by atoms with Crippen LogP contribution in [0.2, 0.25) is 0 Å². The molecule has 2 aliphatic rings. The van der Waals surface area contributed by atoms with Crippen LogP contribution in [0, 0.1) is 0 Å². The van der Waals surface area contributed by atoms with Crippen LogP contribution in [-0.2, 0) is 16.0 Å². The number of aryl methyl sites for hydroxylation is 1. The molecule has 2 N–H and O–H groups in total. The van der Waals surface area contributed by atoms with Gasteiger partial charge in [-0.1, -0.05) is 66.7 Å². The zero-order chi connectivity index (χ0) is 21.9. The third-order valence-electron chi connectivity index (χ3n) is 6.04. The lowest BCUT2D eigenvalue weighted by Gasteiger charge is -2.16. The number of rotatable bonds is 5. The molecular formula is C27H24N2O3. The van der Waals surface area contributed by atoms with Gasteiger partial charge in [0.1, 0.15) is 6.61 Å². The van der Waals surface area contributed by atoms with Gasteiger partial charge < -0.3 is 15.4 Å². The van der Waals surface area contributed by atoms with Crippen molar-refractivity contribution in [2.24, 2.45) is 0 Å². The molecule has 1 aliphatic heterocycles. The Kier molecular flexibility index (Phi) is 5.46. The molecule has 0 atom stereocenters. The molecule has 5 nitrogen and oxygen atoms in total. The molecule has 1 heterocycles. The van der Waals surface area contributed by atoms with E-state index in [-0.39, 0.29) is 11.8 Å². The van der Waals surface area contributed by atoms with E-state index in [1.807, 2.05) is 48.6 Å². The molecule has 0 fully saturated rings. The van der Waals surface area contributed by atoms with Crippen molar-refractivity contribution in [1.82, 2.24) is 5.32 Å². The summed E-state index contributed by atoms with van der Waals surface area (Å²) in [7, 11) is 0. The second-order valence-electron chi connectivity index (χ2n) is 8.07. The van der Waals surface area contributed by atoms with Gasteiger partial charge in [0.15, 0.2) is 0 Å². The molecular weight excluding hydrogens is 400 g/mol. The van der Waals surface area contributed by atoms with Crippen LogP contribution in [0.3, 0.4) is 0 Å². The fraction of sp³-hybridized carbons (Fsp3) is 0.185. The first-order valence-corrected chi connectivity index (χ1v) is 10.9. The molecule has 1 aliphatic carbocycles. The summed E-state index contributed by atoms with van der Waals surface area (Å²) in [6.45, 7) is 0.685. The van der Waals surface area contributed by atoms with Gasteiger partial charge in [-0.05, 0) is 51.9 Å². The van der Waals surface area contributed by atoms with Crippen molar-refractivity contribution in [3.05, 3.63) is 95.1 Å². The molecule has 5 rings (SSSR count). The van der Waals surface area contributed by atoms with E-state index in [2.05, 4.69) is 41.0 Å². The highest BCUT2D eigenvalue weighted by Gasteiger charge is 2.28. The summed E-state index contributed by atoms with van der Waals surface area (Å²) < 4.78 is 5.55. The summed E-state index contributed by atoms with van der Waals surface area (Å²) in [6, 6.07) is 22.5. The van der Waals surface area contributed by atoms with Crippen LogP contribution in [0.15, 0.2) is 72.8 Å². The van der Waals surface area contributed by atoms with E-state index in [0.717, 1.165) is 23.2 Å². The number of hydrogen-bond acceptors (Lipinski definition) is 3. The van der Waals surface area contributed by atoms with Crippen molar-refractivity contribution in [3.63, 3.8) is 0 Å². The van der Waals surface area contributed by atoms with Gasteiger partial charge in [0.05, 0.1) is 0 Å². The number of hydrogen-bond donors (Lipinski definition) is 2. The van der Waals surface area contributed by atoms with E-state index in [1.165, 1.54) is 22.3 Å². The minimum Gasteiger partial charge on any atom is -0.449 e. The molecule has 0 bridgehead atoms. The first kappa shape index (κ1) is 20.1. The lowest BCUT2D eigenvalue weighted by Crippen LogP contribution is -2.26. The van der Waals surface area contributed by atoms with Gasteiger partial charge in [-0.2, -0.15) is 0 Å². The Balaban J connectivity index is 1.15. The van der Waals surface area contributed by atoms with Crippen molar-refractivity contribution in [1.29, 1.82) is 0 Å². The Hall–Kier alpha value is -3.86. The number of nitrogens with one attached hydrogen (secondary N) is 2. The van der Waals surface area contributed by atoms with Crippen molar-refractivity contribution in [3.8, 4) is 11.1 Å². The second kappa shape index (κ2) is 8.71. The maximum atomic E-state index is 12.2. The van der Waals surface area contributed by atoms with Gasteiger partial charge in [-0.15, -0.1) is 0 Å². The van der Waals surface area contributed by atoms with Gasteiger partial charge >= 0.3 is 6.09 Å². The van der Waals surface area contributed by atoms with Gasteiger partial charge in [-0.25, -0.2) is 4.79 Å². The molecule has 0 radical (unpaired) electrons. The van der Waals surface area contributed by atoms with Crippen LogP contribution < -0.4 is 10.6 Å². The van der Waals surface area contributed by atoms with Gasteiger partial charge in [0.25, 0.3) is 0 Å². The summed E-state index contributed by atoms with van der Waals surface area (Å²) in [5.74, 6) is 0.118. The standard InChI is InChI=1S/C27H24N2O3/c30-26-14-12-19-16-18(11-13-25(19)29-26)6-5-15-28-27(31)32-17-24-22-9-3-1-7-20(22)21-8-2-4-10-23(21)24/h1-11,13,16,24H,12,14-15,17H2,(H,28,31)(H,29,30). The van der Waals surface area contributed by atoms with Crippen molar-refractivity contribution >= 4 is 23.8 Å². The van der Waals surface area contributed by atoms with E-state index in [0.29, 0.717) is 19.6 Å². The summed E-state index contributed by atoms with van der Waals surface area (Å²) in [4.78, 5) is 23.7. The van der Waals surface area contributed by atoms with E-state index < -0.39 is 6.09 Å². The number of ether oxygens (including phenoxy) is 1. The van der Waals surface area contributed by atoms with E-state index in [9.17, 15) is 9.59 Å². The maximum Gasteiger partial charge on any atom is 0.407 e. The molecule has 5 heteroatoms. The van der Waals surface area contributed by atoms with Crippen molar-refractivity contribution < 1.29 is 14.3 Å². The average Bonchev–Trinajstić information content (AvgIpc) is 3.14. The summed E-state index contributed by atoms with van der Waals surface area (Å²) in [5.41, 5.74) is 7.88.